The summed E-state index contributed by atoms with van der Waals surface area (Å²) < 4.78 is 0. The van der Waals surface area contributed by atoms with E-state index in [1.165, 1.54) is 24.8 Å². The average molecular weight is 445 g/mol. The van der Waals surface area contributed by atoms with Gasteiger partial charge in [0.25, 0.3) is 0 Å². The second-order valence-corrected chi connectivity index (χ2v) is 10.1. The van der Waals surface area contributed by atoms with Crippen molar-refractivity contribution in [2.24, 2.45) is 5.92 Å². The monoisotopic (exact) mass is 444 g/mol. The van der Waals surface area contributed by atoms with Crippen LogP contribution in [-0.4, -0.2) is 58.5 Å². The number of aromatic nitrogens is 2. The van der Waals surface area contributed by atoms with Crippen LogP contribution in [0.4, 0.5) is 10.6 Å². The van der Waals surface area contributed by atoms with Crippen LogP contribution in [0.3, 0.4) is 0 Å². The number of benzene rings is 1. The lowest BCUT2D eigenvalue weighted by Gasteiger charge is -2.51. The highest BCUT2D eigenvalue weighted by Gasteiger charge is 2.55. The molecule has 1 aromatic carbocycles. The van der Waals surface area contributed by atoms with Crippen molar-refractivity contribution in [3.63, 3.8) is 0 Å². The van der Waals surface area contributed by atoms with Gasteiger partial charge < -0.3 is 4.90 Å². The van der Waals surface area contributed by atoms with E-state index in [1.807, 2.05) is 6.07 Å². The summed E-state index contributed by atoms with van der Waals surface area (Å²) in [6.45, 7) is 1.45. The van der Waals surface area contributed by atoms with E-state index in [0.717, 1.165) is 32.2 Å². The van der Waals surface area contributed by atoms with Gasteiger partial charge in [-0.05, 0) is 70.2 Å². The number of hydrogen-bond acceptors (Lipinski definition) is 5. The zero-order valence-electron chi connectivity index (χ0n) is 19.6. The summed E-state index contributed by atoms with van der Waals surface area (Å²) >= 11 is 0. The van der Waals surface area contributed by atoms with E-state index < -0.39 is 0 Å². The van der Waals surface area contributed by atoms with Gasteiger partial charge in [0.1, 0.15) is 11.9 Å². The van der Waals surface area contributed by atoms with Crippen LogP contribution in [0.5, 0.6) is 0 Å². The molecule has 2 aromatic rings. The topological polar surface area (TPSA) is 76.4 Å². The number of urea groups is 1. The number of nitriles is 1. The number of carbonyl (C=O) groups is 1. The van der Waals surface area contributed by atoms with E-state index >= 15 is 0 Å². The first-order valence-corrected chi connectivity index (χ1v) is 12.0. The van der Waals surface area contributed by atoms with Crippen LogP contribution in [0.15, 0.2) is 42.6 Å². The van der Waals surface area contributed by atoms with Gasteiger partial charge in [0.15, 0.2) is 0 Å². The number of carbonyl (C=O) groups excluding carboxylic acids is 1. The quantitative estimate of drug-likeness (QED) is 0.692. The minimum atomic E-state index is -0.196. The number of anilines is 1. The Bertz CT molecular complexity index is 1050. The van der Waals surface area contributed by atoms with E-state index in [1.54, 1.807) is 17.2 Å². The Morgan fingerprint density at radius 2 is 1.85 bits per heavy atom. The predicted molar refractivity (Wildman–Crippen MR) is 127 cm³/mol. The van der Waals surface area contributed by atoms with Crippen LogP contribution in [0.1, 0.15) is 56.3 Å². The molecule has 2 saturated carbocycles. The van der Waals surface area contributed by atoms with Crippen LogP contribution in [0.25, 0.3) is 0 Å². The second kappa shape index (κ2) is 8.42. The molecular weight excluding hydrogens is 412 g/mol. The van der Waals surface area contributed by atoms with Gasteiger partial charge in [-0.15, -0.1) is 0 Å². The first-order valence-electron chi connectivity index (χ1n) is 12.0. The molecule has 0 unspecified atom stereocenters. The molecule has 172 valence electrons. The van der Waals surface area contributed by atoms with Crippen molar-refractivity contribution in [3.05, 3.63) is 54.0 Å². The van der Waals surface area contributed by atoms with E-state index in [2.05, 4.69) is 64.2 Å². The second-order valence-electron chi connectivity index (χ2n) is 10.1. The summed E-state index contributed by atoms with van der Waals surface area (Å²) in [5, 5.41) is 9.25. The Balaban J connectivity index is 1.46. The van der Waals surface area contributed by atoms with Crippen molar-refractivity contribution in [3.8, 4) is 6.07 Å². The van der Waals surface area contributed by atoms with Crippen LogP contribution in [0, 0.1) is 17.2 Å². The Kier molecular flexibility index (Phi) is 5.57. The Morgan fingerprint density at radius 3 is 2.45 bits per heavy atom. The summed E-state index contributed by atoms with van der Waals surface area (Å²) in [5.74, 6) is 1.24. The minimum Gasteiger partial charge on any atom is -0.317 e. The smallest absolute Gasteiger partial charge is 0.317 e. The molecule has 1 spiro atoms. The number of amides is 2. The molecule has 7 nitrogen and oxygen atoms in total. The SMILES string of the molecule is CN(C)[C@]1(c2ccccc2)CC[C@]2(CC1)CN(c1ccnc(C#N)n1)C(=O)N2CC1CCC1. The van der Waals surface area contributed by atoms with E-state index in [-0.39, 0.29) is 22.9 Å². The molecule has 0 N–H and O–H groups in total. The largest absolute Gasteiger partial charge is 0.326 e. The molecule has 7 heteroatoms. The van der Waals surface area contributed by atoms with Gasteiger partial charge >= 0.3 is 6.03 Å². The zero-order chi connectivity index (χ0) is 23.1. The van der Waals surface area contributed by atoms with Gasteiger partial charge in [0.2, 0.25) is 5.82 Å². The van der Waals surface area contributed by atoms with Crippen LogP contribution in [-0.2, 0) is 5.54 Å². The minimum absolute atomic E-state index is 0.0198. The van der Waals surface area contributed by atoms with Gasteiger partial charge in [-0.25, -0.2) is 14.8 Å². The number of nitrogens with zero attached hydrogens (tertiary/aromatic N) is 6. The summed E-state index contributed by atoms with van der Waals surface area (Å²) in [6.07, 6.45) is 9.14. The fourth-order valence-electron chi connectivity index (χ4n) is 6.03. The third-order valence-corrected chi connectivity index (χ3v) is 8.34. The first-order chi connectivity index (χ1) is 16.0. The fourth-order valence-corrected chi connectivity index (χ4v) is 6.03. The van der Waals surface area contributed by atoms with Crippen molar-refractivity contribution in [2.75, 3.05) is 32.1 Å². The van der Waals surface area contributed by atoms with Gasteiger partial charge in [0, 0.05) is 18.3 Å². The molecule has 1 aliphatic heterocycles. The van der Waals surface area contributed by atoms with Gasteiger partial charge in [-0.1, -0.05) is 36.8 Å². The standard InChI is InChI=1S/C26H32N6O/c1-30(2)26(21-9-4-3-5-10-21)14-12-25(13-15-26)19-31(23-11-16-28-22(17-27)29-23)24(33)32(25)18-20-7-6-8-20/h3-5,9-11,16,20H,6-8,12-15,18-19H2,1-2H3/t25-,26+. The lowest BCUT2D eigenvalue weighted by molar-refractivity contribution is 0.0172. The average Bonchev–Trinajstić information content (AvgIpc) is 3.08. The molecule has 0 bridgehead atoms. The van der Waals surface area contributed by atoms with Crippen molar-refractivity contribution in [1.29, 1.82) is 5.26 Å². The molecular formula is C26H32N6O. The summed E-state index contributed by atoms with van der Waals surface area (Å²) in [4.78, 5) is 28.4. The molecule has 0 atom stereocenters. The maximum Gasteiger partial charge on any atom is 0.326 e. The molecule has 1 aromatic heterocycles. The maximum atomic E-state index is 13.7. The summed E-state index contributed by atoms with van der Waals surface area (Å²) in [5.41, 5.74) is 1.14. The Hall–Kier alpha value is -2.98. The van der Waals surface area contributed by atoms with E-state index in [9.17, 15) is 10.1 Å². The van der Waals surface area contributed by atoms with Crippen molar-refractivity contribution >= 4 is 11.8 Å². The molecule has 3 fully saturated rings. The van der Waals surface area contributed by atoms with Gasteiger partial charge in [-0.3, -0.25) is 9.80 Å². The van der Waals surface area contributed by atoms with Crippen molar-refractivity contribution < 1.29 is 4.79 Å². The Morgan fingerprint density at radius 1 is 1.12 bits per heavy atom. The van der Waals surface area contributed by atoms with Crippen LogP contribution >= 0.6 is 0 Å². The molecule has 5 rings (SSSR count). The summed E-state index contributed by atoms with van der Waals surface area (Å²) in [7, 11) is 4.35. The van der Waals surface area contributed by atoms with Crippen LogP contribution in [0.2, 0.25) is 0 Å². The number of rotatable bonds is 5. The molecule has 2 amide bonds. The first kappa shape index (κ1) is 21.8. The normalized spacial score (nSPS) is 27.8. The molecule has 2 aliphatic carbocycles. The molecule has 1 saturated heterocycles. The van der Waals surface area contributed by atoms with Gasteiger partial charge in [-0.2, -0.15) is 5.26 Å². The highest BCUT2D eigenvalue weighted by atomic mass is 16.2. The Labute approximate surface area is 196 Å². The highest BCUT2D eigenvalue weighted by Crippen LogP contribution is 2.50. The molecule has 0 radical (unpaired) electrons. The number of hydrogen-bond donors (Lipinski definition) is 0. The molecule has 2 heterocycles. The van der Waals surface area contributed by atoms with Crippen LogP contribution < -0.4 is 4.90 Å². The predicted octanol–water partition coefficient (Wildman–Crippen LogP) is 4.16. The lowest BCUT2D eigenvalue weighted by Crippen LogP contribution is -2.56. The lowest BCUT2D eigenvalue weighted by atomic mass is 9.68. The van der Waals surface area contributed by atoms with E-state index in [4.69, 9.17) is 0 Å². The van der Waals surface area contributed by atoms with Gasteiger partial charge in [0.05, 0.1) is 12.1 Å². The third-order valence-electron chi connectivity index (χ3n) is 8.34. The summed E-state index contributed by atoms with van der Waals surface area (Å²) in [6, 6.07) is 14.6. The zero-order valence-corrected chi connectivity index (χ0v) is 19.6. The molecule has 3 aliphatic rings. The van der Waals surface area contributed by atoms with E-state index in [0.29, 0.717) is 18.3 Å². The highest BCUT2D eigenvalue weighted by molar-refractivity contribution is 5.94. The third kappa shape index (κ3) is 3.67. The van der Waals surface area contributed by atoms with Crippen molar-refractivity contribution in [1.82, 2.24) is 19.8 Å². The maximum absolute atomic E-state index is 13.7. The molecule has 33 heavy (non-hydrogen) atoms. The fraction of sp³-hybridized carbons (Fsp3) is 0.538. The van der Waals surface area contributed by atoms with Crippen molar-refractivity contribution in [2.45, 2.75) is 56.0 Å².